The zero-order valence-corrected chi connectivity index (χ0v) is 9.10. The molecular formula is C9H13N3OS. The van der Waals surface area contributed by atoms with Crippen LogP contribution in [0, 0.1) is 6.92 Å². The Hall–Kier alpha value is -0.970. The van der Waals surface area contributed by atoms with Crippen LogP contribution in [0.5, 0.6) is 0 Å². The minimum Gasteiger partial charge on any atom is -0.353 e. The van der Waals surface area contributed by atoms with Gasteiger partial charge in [-0.2, -0.15) is 0 Å². The van der Waals surface area contributed by atoms with Crippen molar-refractivity contribution in [1.82, 2.24) is 14.9 Å². The second kappa shape index (κ2) is 3.65. The molecule has 0 saturated carbocycles. The van der Waals surface area contributed by atoms with Gasteiger partial charge in [0.1, 0.15) is 0 Å². The molecule has 1 saturated heterocycles. The van der Waals surface area contributed by atoms with Crippen LogP contribution >= 0.6 is 11.5 Å². The highest BCUT2D eigenvalue weighted by Gasteiger charge is 2.34. The number of amides is 1. The van der Waals surface area contributed by atoms with E-state index in [4.69, 9.17) is 0 Å². The predicted molar refractivity (Wildman–Crippen MR) is 54.2 cm³/mol. The van der Waals surface area contributed by atoms with Crippen molar-refractivity contribution in [3.05, 3.63) is 10.6 Å². The molecule has 5 heteroatoms. The normalized spacial score (nSPS) is 26.6. The van der Waals surface area contributed by atoms with Crippen LogP contribution in [0.3, 0.4) is 0 Å². The fraction of sp³-hybridized carbons (Fsp3) is 0.667. The maximum atomic E-state index is 11.3. The third-order valence-electron chi connectivity index (χ3n) is 2.70. The quantitative estimate of drug-likeness (QED) is 0.800. The van der Waals surface area contributed by atoms with Crippen LogP contribution in [0.25, 0.3) is 0 Å². The largest absolute Gasteiger partial charge is 0.353 e. The van der Waals surface area contributed by atoms with Gasteiger partial charge in [0.05, 0.1) is 10.6 Å². The van der Waals surface area contributed by atoms with Gasteiger partial charge in [0.15, 0.2) is 0 Å². The molecule has 0 aromatic carbocycles. The van der Waals surface area contributed by atoms with Crippen LogP contribution in [-0.4, -0.2) is 21.5 Å². The Kier molecular flexibility index (Phi) is 2.50. The summed E-state index contributed by atoms with van der Waals surface area (Å²) in [4.78, 5) is 12.4. The molecular weight excluding hydrogens is 198 g/mol. The van der Waals surface area contributed by atoms with E-state index in [1.807, 2.05) is 6.92 Å². The van der Waals surface area contributed by atoms with Crippen molar-refractivity contribution < 1.29 is 4.79 Å². The van der Waals surface area contributed by atoms with Crippen LogP contribution in [0.2, 0.25) is 0 Å². The van der Waals surface area contributed by atoms with Gasteiger partial charge < -0.3 is 5.32 Å². The van der Waals surface area contributed by atoms with E-state index in [0.29, 0.717) is 6.42 Å². The highest BCUT2D eigenvalue weighted by molar-refractivity contribution is 7.05. The molecule has 2 rings (SSSR count). The lowest BCUT2D eigenvalue weighted by Crippen LogP contribution is -2.27. The Morgan fingerprint density at radius 1 is 1.64 bits per heavy atom. The molecule has 1 amide bonds. The van der Waals surface area contributed by atoms with E-state index in [2.05, 4.69) is 21.8 Å². The Morgan fingerprint density at radius 3 is 3.00 bits per heavy atom. The van der Waals surface area contributed by atoms with Gasteiger partial charge in [-0.05, 0) is 24.9 Å². The molecule has 1 aliphatic rings. The number of nitrogens with one attached hydrogen (secondary N) is 1. The molecule has 76 valence electrons. The van der Waals surface area contributed by atoms with Gasteiger partial charge in [-0.3, -0.25) is 4.79 Å². The van der Waals surface area contributed by atoms with E-state index in [-0.39, 0.29) is 17.9 Å². The van der Waals surface area contributed by atoms with Crippen LogP contribution in [-0.2, 0) is 4.79 Å². The van der Waals surface area contributed by atoms with Gasteiger partial charge in [-0.25, -0.2) is 0 Å². The fourth-order valence-electron chi connectivity index (χ4n) is 1.95. The molecule has 4 nitrogen and oxygen atoms in total. The number of carbonyl (C=O) groups excluding carboxylic acids is 1. The summed E-state index contributed by atoms with van der Waals surface area (Å²) in [6, 6.07) is 0.267. The van der Waals surface area contributed by atoms with Crippen LogP contribution in [0.4, 0.5) is 0 Å². The molecule has 1 fully saturated rings. The topological polar surface area (TPSA) is 54.9 Å². The van der Waals surface area contributed by atoms with Gasteiger partial charge in [0.2, 0.25) is 5.91 Å². The number of aromatic nitrogens is 2. The first kappa shape index (κ1) is 9.58. The van der Waals surface area contributed by atoms with Crippen molar-refractivity contribution in [2.24, 2.45) is 0 Å². The molecule has 1 aliphatic heterocycles. The summed E-state index contributed by atoms with van der Waals surface area (Å²) in [7, 11) is 0. The maximum absolute atomic E-state index is 11.3. The standard InChI is InChI=1S/C9H13N3OS/c1-3-7-6(4-8(13)10-7)9-5(2)11-12-14-9/h6-7H,3-4H2,1-2H3,(H,10,13). The van der Waals surface area contributed by atoms with E-state index >= 15 is 0 Å². The zero-order valence-electron chi connectivity index (χ0n) is 8.28. The second-order valence-electron chi connectivity index (χ2n) is 3.62. The summed E-state index contributed by atoms with van der Waals surface area (Å²) in [6.07, 6.45) is 1.55. The summed E-state index contributed by atoms with van der Waals surface area (Å²) in [5.74, 6) is 0.433. The zero-order chi connectivity index (χ0) is 10.1. The van der Waals surface area contributed by atoms with Crippen LogP contribution in [0.15, 0.2) is 0 Å². The van der Waals surface area contributed by atoms with Crippen molar-refractivity contribution in [3.63, 3.8) is 0 Å². The van der Waals surface area contributed by atoms with Gasteiger partial charge in [-0.15, -0.1) is 5.10 Å². The SMILES string of the molecule is CCC1NC(=O)CC1c1snnc1C. The molecule has 1 N–H and O–H groups in total. The average molecular weight is 211 g/mol. The third kappa shape index (κ3) is 1.52. The summed E-state index contributed by atoms with van der Waals surface area (Å²) in [6.45, 7) is 4.04. The summed E-state index contributed by atoms with van der Waals surface area (Å²) < 4.78 is 3.91. The molecule has 0 spiro atoms. The third-order valence-corrected chi connectivity index (χ3v) is 3.66. The van der Waals surface area contributed by atoms with Crippen molar-refractivity contribution in [1.29, 1.82) is 0 Å². The molecule has 2 unspecified atom stereocenters. The lowest BCUT2D eigenvalue weighted by atomic mass is 9.96. The Morgan fingerprint density at radius 2 is 2.43 bits per heavy atom. The minimum absolute atomic E-state index is 0.148. The molecule has 14 heavy (non-hydrogen) atoms. The van der Waals surface area contributed by atoms with E-state index in [9.17, 15) is 4.79 Å². The van der Waals surface area contributed by atoms with Crippen LogP contribution in [0.1, 0.15) is 36.3 Å². The van der Waals surface area contributed by atoms with Gasteiger partial charge >= 0.3 is 0 Å². The highest BCUT2D eigenvalue weighted by atomic mass is 32.1. The van der Waals surface area contributed by atoms with Crippen LogP contribution < -0.4 is 5.32 Å². The fourth-order valence-corrected chi connectivity index (χ4v) is 2.75. The van der Waals surface area contributed by atoms with Gasteiger partial charge in [0.25, 0.3) is 0 Å². The average Bonchev–Trinajstić information content (AvgIpc) is 2.71. The monoisotopic (exact) mass is 211 g/mol. The predicted octanol–water partition coefficient (Wildman–Crippen LogP) is 1.23. The molecule has 2 atom stereocenters. The molecule has 2 heterocycles. The number of nitrogens with zero attached hydrogens (tertiary/aromatic N) is 2. The lowest BCUT2D eigenvalue weighted by molar-refractivity contribution is -0.119. The first-order chi connectivity index (χ1) is 6.72. The molecule has 1 aromatic heterocycles. The van der Waals surface area contributed by atoms with E-state index in [1.165, 1.54) is 11.5 Å². The highest BCUT2D eigenvalue weighted by Crippen LogP contribution is 2.33. The number of hydrogen-bond acceptors (Lipinski definition) is 4. The number of hydrogen-bond donors (Lipinski definition) is 1. The van der Waals surface area contributed by atoms with Gasteiger partial charge in [0, 0.05) is 18.4 Å². The first-order valence-corrected chi connectivity index (χ1v) is 5.58. The lowest BCUT2D eigenvalue weighted by Gasteiger charge is -2.14. The molecule has 0 bridgehead atoms. The van der Waals surface area contributed by atoms with Gasteiger partial charge in [-0.1, -0.05) is 11.4 Å². The summed E-state index contributed by atoms with van der Waals surface area (Å²) in [5.41, 5.74) is 0.968. The summed E-state index contributed by atoms with van der Waals surface area (Å²) >= 11 is 1.41. The summed E-state index contributed by atoms with van der Waals surface area (Å²) in [5, 5.41) is 6.97. The van der Waals surface area contributed by atoms with Crippen molar-refractivity contribution in [2.75, 3.05) is 0 Å². The van der Waals surface area contributed by atoms with E-state index < -0.39 is 0 Å². The Labute approximate surface area is 86.9 Å². The van der Waals surface area contributed by atoms with E-state index in [0.717, 1.165) is 17.0 Å². The first-order valence-electron chi connectivity index (χ1n) is 4.80. The van der Waals surface area contributed by atoms with Crippen molar-refractivity contribution >= 4 is 17.4 Å². The van der Waals surface area contributed by atoms with Crippen molar-refractivity contribution in [2.45, 2.75) is 38.6 Å². The molecule has 1 aromatic rings. The second-order valence-corrected chi connectivity index (χ2v) is 4.40. The van der Waals surface area contributed by atoms with Crippen molar-refractivity contribution in [3.8, 4) is 0 Å². The minimum atomic E-state index is 0.148. The number of rotatable bonds is 2. The maximum Gasteiger partial charge on any atom is 0.220 e. The Balaban J connectivity index is 2.26. The Bertz CT molecular complexity index is 350. The van der Waals surface area contributed by atoms with E-state index in [1.54, 1.807) is 0 Å². The molecule has 0 aliphatic carbocycles. The number of aryl methyl sites for hydroxylation is 1. The number of carbonyl (C=O) groups is 1. The molecule has 0 radical (unpaired) electrons. The smallest absolute Gasteiger partial charge is 0.220 e.